The maximum absolute atomic E-state index is 13.6. The molecule has 0 aromatic heterocycles. The second kappa shape index (κ2) is 15.1. The normalized spacial score (nSPS) is 19.3. The van der Waals surface area contributed by atoms with Crippen LogP contribution in [-0.4, -0.2) is 109 Å². The summed E-state index contributed by atoms with van der Waals surface area (Å²) in [7, 11) is 3.22. The summed E-state index contributed by atoms with van der Waals surface area (Å²) in [6, 6.07) is 13.9. The van der Waals surface area contributed by atoms with Crippen molar-refractivity contribution in [3.63, 3.8) is 0 Å². The molecule has 4 aliphatic rings. The monoisotopic (exact) mass is 750 g/mol. The molecule has 16 heteroatoms. The molecule has 2 N–H and O–H groups in total. The van der Waals surface area contributed by atoms with E-state index in [1.807, 2.05) is 53.4 Å². The first-order valence-corrected chi connectivity index (χ1v) is 17.9. The van der Waals surface area contributed by atoms with Crippen LogP contribution in [0.1, 0.15) is 67.2 Å². The standard InChI is InChI=1S/C24H33N3O7.C14H17N3O3/c1-22(2,3)33-20(30)26-18(28)24(27(19(26)29)21(31)34-23(4,5)6)11-13-25(14-12-24)16-9-8-10-17(15-16)32-7;1-20-11-4-2-3-10(9-11)17-7-5-14(6-8-17)12(18)15-13(19)16-14/h8-10,15H,11-14H2,1-7H3;2-4,9H,5-8H2,1H3,(H2,15,16,18,19). The highest BCUT2D eigenvalue weighted by Gasteiger charge is 2.64. The average Bonchev–Trinajstić information content (AvgIpc) is 3.50. The molecule has 4 heterocycles. The summed E-state index contributed by atoms with van der Waals surface area (Å²) in [5.41, 5.74) is -2.12. The highest BCUT2D eigenvalue weighted by atomic mass is 16.6. The number of urea groups is 2. The second-order valence-electron chi connectivity index (χ2n) is 15.6. The van der Waals surface area contributed by atoms with Crippen molar-refractivity contribution >= 4 is 47.4 Å². The first-order valence-electron chi connectivity index (χ1n) is 17.9. The summed E-state index contributed by atoms with van der Waals surface area (Å²) >= 11 is 0. The van der Waals surface area contributed by atoms with Crippen LogP contribution in [0.25, 0.3) is 0 Å². The highest BCUT2D eigenvalue weighted by molar-refractivity contribution is 6.21. The number of hydrogen-bond acceptors (Lipinski definition) is 12. The van der Waals surface area contributed by atoms with Crippen LogP contribution >= 0.6 is 0 Å². The fourth-order valence-corrected chi connectivity index (χ4v) is 6.92. The SMILES string of the molecule is COc1cccc(N2CCC3(CC2)C(=O)N(C(=O)OC(C)(C)C)C(=O)N3C(=O)OC(C)(C)C)c1.COc1cccc(N2CCC3(CC2)NC(=O)NC3=O)c1. The minimum absolute atomic E-state index is 0.132. The molecule has 4 saturated heterocycles. The molecule has 2 spiro atoms. The predicted octanol–water partition coefficient (Wildman–Crippen LogP) is 5.04. The van der Waals surface area contributed by atoms with E-state index in [0.29, 0.717) is 36.6 Å². The van der Waals surface area contributed by atoms with Crippen molar-refractivity contribution in [2.24, 2.45) is 0 Å². The summed E-state index contributed by atoms with van der Waals surface area (Å²) in [6.07, 6.45) is -0.584. The van der Waals surface area contributed by atoms with Crippen molar-refractivity contribution in [1.82, 2.24) is 20.4 Å². The molecule has 8 amide bonds. The molecule has 0 aliphatic carbocycles. The second-order valence-corrected chi connectivity index (χ2v) is 15.6. The Hall–Kier alpha value is -5.54. The summed E-state index contributed by atoms with van der Waals surface area (Å²) in [5.74, 6) is 0.529. The molecule has 292 valence electrons. The molecule has 6 rings (SSSR count). The predicted molar refractivity (Wildman–Crippen MR) is 198 cm³/mol. The van der Waals surface area contributed by atoms with Gasteiger partial charge in [0.15, 0.2) is 0 Å². The minimum Gasteiger partial charge on any atom is -0.497 e. The van der Waals surface area contributed by atoms with Crippen LogP contribution in [0.5, 0.6) is 11.5 Å². The number of piperidine rings is 2. The molecular formula is C38H50N6O10. The van der Waals surface area contributed by atoms with Gasteiger partial charge in [-0.15, -0.1) is 0 Å². The van der Waals surface area contributed by atoms with Gasteiger partial charge in [-0.2, -0.15) is 4.90 Å². The summed E-state index contributed by atoms with van der Waals surface area (Å²) in [6.45, 7) is 12.1. The molecule has 4 aliphatic heterocycles. The van der Waals surface area contributed by atoms with E-state index in [-0.39, 0.29) is 24.8 Å². The summed E-state index contributed by atoms with van der Waals surface area (Å²) in [4.78, 5) is 81.3. The van der Waals surface area contributed by atoms with E-state index in [2.05, 4.69) is 15.5 Å². The van der Waals surface area contributed by atoms with Gasteiger partial charge in [0.2, 0.25) is 0 Å². The molecule has 4 fully saturated rings. The van der Waals surface area contributed by atoms with Gasteiger partial charge in [-0.25, -0.2) is 24.1 Å². The van der Waals surface area contributed by atoms with Crippen LogP contribution in [0.4, 0.5) is 30.6 Å². The number of imide groups is 5. The van der Waals surface area contributed by atoms with E-state index < -0.39 is 46.4 Å². The lowest BCUT2D eigenvalue weighted by Crippen LogP contribution is -2.59. The Kier molecular flexibility index (Phi) is 11.1. The largest absolute Gasteiger partial charge is 0.497 e. The smallest absolute Gasteiger partial charge is 0.425 e. The average molecular weight is 751 g/mol. The van der Waals surface area contributed by atoms with E-state index in [4.69, 9.17) is 18.9 Å². The number of benzene rings is 2. The molecule has 54 heavy (non-hydrogen) atoms. The van der Waals surface area contributed by atoms with Gasteiger partial charge in [0.1, 0.15) is 33.8 Å². The van der Waals surface area contributed by atoms with Crippen molar-refractivity contribution in [1.29, 1.82) is 0 Å². The third-order valence-electron chi connectivity index (χ3n) is 9.62. The third-order valence-corrected chi connectivity index (χ3v) is 9.62. The van der Waals surface area contributed by atoms with Crippen molar-refractivity contribution < 1.29 is 47.7 Å². The van der Waals surface area contributed by atoms with E-state index in [1.54, 1.807) is 55.8 Å². The van der Waals surface area contributed by atoms with Crippen LogP contribution in [0.15, 0.2) is 48.5 Å². The number of rotatable bonds is 4. The number of amides is 8. The van der Waals surface area contributed by atoms with Gasteiger partial charge in [-0.05, 0) is 91.5 Å². The van der Waals surface area contributed by atoms with E-state index >= 15 is 0 Å². The van der Waals surface area contributed by atoms with Crippen molar-refractivity contribution in [2.45, 2.75) is 89.5 Å². The zero-order chi connectivity index (χ0) is 39.6. The molecule has 0 saturated carbocycles. The number of anilines is 2. The first-order chi connectivity index (χ1) is 25.3. The van der Waals surface area contributed by atoms with Crippen molar-refractivity contribution in [3.8, 4) is 11.5 Å². The highest BCUT2D eigenvalue weighted by Crippen LogP contribution is 2.40. The lowest BCUT2D eigenvalue weighted by atomic mass is 9.86. The number of hydrogen-bond donors (Lipinski definition) is 2. The van der Waals surface area contributed by atoms with Crippen LogP contribution in [0.2, 0.25) is 0 Å². The third kappa shape index (κ3) is 8.31. The summed E-state index contributed by atoms with van der Waals surface area (Å²) < 4.78 is 21.2. The fourth-order valence-electron chi connectivity index (χ4n) is 6.92. The molecule has 2 aromatic carbocycles. The van der Waals surface area contributed by atoms with Crippen LogP contribution < -0.4 is 29.9 Å². The Morgan fingerprint density at radius 3 is 1.57 bits per heavy atom. The van der Waals surface area contributed by atoms with Crippen molar-refractivity contribution in [3.05, 3.63) is 48.5 Å². The first kappa shape index (κ1) is 39.7. The Morgan fingerprint density at radius 2 is 1.15 bits per heavy atom. The number of methoxy groups -OCH3 is 2. The van der Waals surface area contributed by atoms with Crippen LogP contribution in [0.3, 0.4) is 0 Å². The minimum atomic E-state index is -1.54. The topological polar surface area (TPSA) is 176 Å². The Morgan fingerprint density at radius 1 is 0.685 bits per heavy atom. The number of nitrogens with one attached hydrogen (secondary N) is 2. The zero-order valence-electron chi connectivity index (χ0n) is 32.1. The lowest BCUT2D eigenvalue weighted by molar-refractivity contribution is -0.133. The van der Waals surface area contributed by atoms with Gasteiger partial charge in [-0.3, -0.25) is 14.9 Å². The maximum atomic E-state index is 13.6. The summed E-state index contributed by atoms with van der Waals surface area (Å²) in [5, 5.41) is 5.09. The molecule has 0 bridgehead atoms. The van der Waals surface area contributed by atoms with E-state index in [1.165, 1.54) is 0 Å². The quantitative estimate of drug-likeness (QED) is 0.399. The molecule has 0 atom stereocenters. The van der Waals surface area contributed by atoms with Gasteiger partial charge >= 0.3 is 24.2 Å². The molecule has 2 aromatic rings. The number of carbonyl (C=O) groups excluding carboxylic acids is 6. The molecule has 0 unspecified atom stereocenters. The zero-order valence-corrected chi connectivity index (χ0v) is 32.1. The lowest BCUT2D eigenvalue weighted by Gasteiger charge is -2.42. The number of nitrogens with zero attached hydrogens (tertiary/aromatic N) is 4. The van der Waals surface area contributed by atoms with Gasteiger partial charge < -0.3 is 34.1 Å². The molecular weight excluding hydrogens is 700 g/mol. The maximum Gasteiger partial charge on any atom is 0.425 e. The Balaban J connectivity index is 0.000000237. The molecule has 0 radical (unpaired) electrons. The fraction of sp³-hybridized carbons (Fsp3) is 0.526. The number of carbonyl (C=O) groups is 6. The van der Waals surface area contributed by atoms with Crippen molar-refractivity contribution in [2.75, 3.05) is 50.2 Å². The Labute approximate surface area is 315 Å². The number of ether oxygens (including phenoxy) is 4. The Bertz CT molecular complexity index is 1780. The van der Waals surface area contributed by atoms with Crippen LogP contribution in [0, 0.1) is 0 Å². The van der Waals surface area contributed by atoms with E-state index in [0.717, 1.165) is 35.1 Å². The van der Waals surface area contributed by atoms with Gasteiger partial charge in [-0.1, -0.05) is 12.1 Å². The van der Waals surface area contributed by atoms with Gasteiger partial charge in [0.25, 0.3) is 11.8 Å². The van der Waals surface area contributed by atoms with E-state index in [9.17, 15) is 28.8 Å². The van der Waals surface area contributed by atoms with Crippen LogP contribution in [-0.2, 0) is 19.1 Å². The van der Waals surface area contributed by atoms with Gasteiger partial charge in [0.05, 0.1) is 14.2 Å². The van der Waals surface area contributed by atoms with Gasteiger partial charge in [0, 0.05) is 49.7 Å². The molecule has 16 nitrogen and oxygen atoms in total.